The molecular formula is C23H27N3O4. The van der Waals surface area contributed by atoms with Crippen molar-refractivity contribution in [2.75, 3.05) is 13.2 Å². The first kappa shape index (κ1) is 19.3. The fourth-order valence-electron chi connectivity index (χ4n) is 6.48. The van der Waals surface area contributed by atoms with Gasteiger partial charge in [-0.15, -0.1) is 0 Å². The summed E-state index contributed by atoms with van der Waals surface area (Å²) in [6.45, 7) is 0.408. The highest BCUT2D eigenvalue weighted by Crippen LogP contribution is 2.59. The summed E-state index contributed by atoms with van der Waals surface area (Å²) in [5.74, 6) is 1.73. The van der Waals surface area contributed by atoms with Crippen LogP contribution in [0.2, 0.25) is 0 Å². The van der Waals surface area contributed by atoms with Gasteiger partial charge in [-0.2, -0.15) is 5.10 Å². The molecule has 0 atom stereocenters. The van der Waals surface area contributed by atoms with Crippen LogP contribution >= 0.6 is 0 Å². The summed E-state index contributed by atoms with van der Waals surface area (Å²) in [6, 6.07) is 6.98. The van der Waals surface area contributed by atoms with Crippen molar-refractivity contribution < 1.29 is 14.3 Å². The van der Waals surface area contributed by atoms with Crippen LogP contribution in [0.3, 0.4) is 0 Å². The van der Waals surface area contributed by atoms with E-state index in [4.69, 9.17) is 4.74 Å². The number of carbonyl (C=O) groups is 2. The van der Waals surface area contributed by atoms with Crippen molar-refractivity contribution in [1.29, 1.82) is 0 Å². The predicted molar refractivity (Wildman–Crippen MR) is 111 cm³/mol. The Labute approximate surface area is 174 Å². The lowest BCUT2D eigenvalue weighted by atomic mass is 9.49. The molecule has 2 aromatic rings. The third-order valence-corrected chi connectivity index (χ3v) is 7.28. The molecule has 0 radical (unpaired) electrons. The lowest BCUT2D eigenvalue weighted by Crippen LogP contribution is -2.51. The number of nitrogens with zero attached hydrogens (tertiary/aromatic N) is 1. The second-order valence-corrected chi connectivity index (χ2v) is 9.58. The monoisotopic (exact) mass is 409 g/mol. The minimum Gasteiger partial charge on any atom is -0.455 e. The molecule has 7 heteroatoms. The van der Waals surface area contributed by atoms with E-state index in [2.05, 4.69) is 15.5 Å². The number of ether oxygens (including phenoxy) is 1. The maximum Gasteiger partial charge on any atom is 0.312 e. The van der Waals surface area contributed by atoms with Gasteiger partial charge in [0, 0.05) is 11.9 Å². The van der Waals surface area contributed by atoms with Crippen LogP contribution in [-0.2, 0) is 20.7 Å². The van der Waals surface area contributed by atoms with Gasteiger partial charge in [0.05, 0.1) is 17.5 Å². The first-order valence-corrected chi connectivity index (χ1v) is 10.9. The van der Waals surface area contributed by atoms with E-state index in [0.717, 1.165) is 17.8 Å². The zero-order valence-corrected chi connectivity index (χ0v) is 17.0. The van der Waals surface area contributed by atoms with Gasteiger partial charge in [-0.3, -0.25) is 14.4 Å². The van der Waals surface area contributed by atoms with Crippen LogP contribution in [0.25, 0.3) is 10.8 Å². The second-order valence-electron chi connectivity index (χ2n) is 9.58. The SMILES string of the molecule is O=C(COC(=O)Cc1n[nH]c(=O)c2ccccc12)NCC12CC3CC(CC(C3)C1)C2. The number of rotatable bonds is 6. The van der Waals surface area contributed by atoms with Crippen LogP contribution < -0.4 is 10.9 Å². The lowest BCUT2D eigenvalue weighted by molar-refractivity contribution is -0.148. The highest BCUT2D eigenvalue weighted by atomic mass is 16.5. The van der Waals surface area contributed by atoms with E-state index in [9.17, 15) is 14.4 Å². The van der Waals surface area contributed by atoms with Crippen LogP contribution in [0.5, 0.6) is 0 Å². The Morgan fingerprint density at radius 1 is 1.07 bits per heavy atom. The first-order chi connectivity index (χ1) is 14.5. The molecule has 7 nitrogen and oxygen atoms in total. The molecule has 4 fully saturated rings. The van der Waals surface area contributed by atoms with Gasteiger partial charge in [0.25, 0.3) is 11.5 Å². The standard InChI is InChI=1S/C23H27N3O4/c27-20(24-13-23-9-14-5-15(10-23)7-16(6-14)11-23)12-30-21(28)8-19-17-3-1-2-4-18(17)22(29)26-25-19/h1-4,14-16H,5-13H2,(H,24,27)(H,26,29). The highest BCUT2D eigenvalue weighted by molar-refractivity contribution is 5.87. The minimum atomic E-state index is -0.537. The Morgan fingerprint density at radius 2 is 1.70 bits per heavy atom. The number of aromatic amines is 1. The van der Waals surface area contributed by atoms with Crippen molar-refractivity contribution in [3.63, 3.8) is 0 Å². The lowest BCUT2D eigenvalue weighted by Gasteiger charge is -2.56. The largest absolute Gasteiger partial charge is 0.455 e. The van der Waals surface area contributed by atoms with Gasteiger partial charge in [0.2, 0.25) is 0 Å². The summed E-state index contributed by atoms with van der Waals surface area (Å²) in [7, 11) is 0. The zero-order valence-electron chi connectivity index (χ0n) is 17.0. The summed E-state index contributed by atoms with van der Waals surface area (Å²) < 4.78 is 5.18. The fourth-order valence-corrected chi connectivity index (χ4v) is 6.48. The minimum absolute atomic E-state index is 0.0977. The molecule has 0 unspecified atom stereocenters. The molecule has 4 bridgehead atoms. The molecule has 1 amide bonds. The average molecular weight is 409 g/mol. The van der Waals surface area contributed by atoms with Gasteiger partial charge in [-0.25, -0.2) is 5.10 Å². The average Bonchev–Trinajstić information content (AvgIpc) is 2.72. The van der Waals surface area contributed by atoms with Crippen LogP contribution in [0, 0.1) is 23.2 Å². The Hall–Kier alpha value is -2.70. The molecule has 158 valence electrons. The number of nitrogens with one attached hydrogen (secondary N) is 2. The summed E-state index contributed by atoms with van der Waals surface area (Å²) in [5, 5.41) is 10.5. The van der Waals surface area contributed by atoms with Crippen LogP contribution in [0.4, 0.5) is 0 Å². The molecule has 0 aliphatic heterocycles. The smallest absolute Gasteiger partial charge is 0.312 e. The van der Waals surface area contributed by atoms with Gasteiger partial charge in [-0.1, -0.05) is 18.2 Å². The summed E-state index contributed by atoms with van der Waals surface area (Å²) in [5.41, 5.74) is 0.392. The van der Waals surface area contributed by atoms with E-state index >= 15 is 0 Å². The van der Waals surface area contributed by atoms with E-state index in [1.807, 2.05) is 0 Å². The number of esters is 1. The number of hydrogen-bond donors (Lipinski definition) is 2. The molecule has 1 aromatic heterocycles. The third-order valence-electron chi connectivity index (χ3n) is 7.28. The predicted octanol–water partition coefficient (Wildman–Crippen LogP) is 2.34. The van der Waals surface area contributed by atoms with Crippen LogP contribution in [0.1, 0.15) is 44.2 Å². The van der Waals surface area contributed by atoms with E-state index in [0.29, 0.717) is 23.0 Å². The molecule has 1 aromatic carbocycles. The summed E-state index contributed by atoms with van der Waals surface area (Å²) in [4.78, 5) is 36.4. The van der Waals surface area contributed by atoms with Crippen molar-refractivity contribution in [2.45, 2.75) is 44.9 Å². The van der Waals surface area contributed by atoms with Gasteiger partial charge >= 0.3 is 5.97 Å². The fraction of sp³-hybridized carbons (Fsp3) is 0.565. The summed E-state index contributed by atoms with van der Waals surface area (Å²) >= 11 is 0. The number of carbonyl (C=O) groups excluding carboxylic acids is 2. The summed E-state index contributed by atoms with van der Waals surface area (Å²) in [6.07, 6.45) is 7.70. The zero-order chi connectivity index (χ0) is 20.7. The van der Waals surface area contributed by atoms with Gasteiger partial charge in [-0.05, 0) is 67.8 Å². The Kier molecular flexibility index (Phi) is 4.83. The Bertz CT molecular complexity index is 1010. The number of amides is 1. The molecule has 4 aliphatic carbocycles. The Balaban J connectivity index is 1.13. The van der Waals surface area contributed by atoms with Crippen molar-refractivity contribution in [3.05, 3.63) is 40.3 Å². The molecule has 4 saturated carbocycles. The van der Waals surface area contributed by atoms with Crippen molar-refractivity contribution in [2.24, 2.45) is 23.2 Å². The first-order valence-electron chi connectivity index (χ1n) is 10.9. The van der Waals surface area contributed by atoms with Crippen LogP contribution in [-0.4, -0.2) is 35.2 Å². The number of fused-ring (bicyclic) bond motifs is 1. The van der Waals surface area contributed by atoms with Crippen molar-refractivity contribution >= 4 is 22.6 Å². The Morgan fingerprint density at radius 3 is 2.37 bits per heavy atom. The normalized spacial score (nSPS) is 29.1. The molecule has 30 heavy (non-hydrogen) atoms. The second kappa shape index (κ2) is 7.52. The van der Waals surface area contributed by atoms with Crippen molar-refractivity contribution in [1.82, 2.24) is 15.5 Å². The van der Waals surface area contributed by atoms with Gasteiger partial charge in [0.15, 0.2) is 6.61 Å². The highest BCUT2D eigenvalue weighted by Gasteiger charge is 2.50. The van der Waals surface area contributed by atoms with E-state index < -0.39 is 5.97 Å². The molecule has 2 N–H and O–H groups in total. The number of aromatic nitrogens is 2. The van der Waals surface area contributed by atoms with E-state index in [1.165, 1.54) is 38.5 Å². The van der Waals surface area contributed by atoms with E-state index in [-0.39, 0.29) is 29.9 Å². The molecule has 0 spiro atoms. The molecule has 6 rings (SSSR count). The van der Waals surface area contributed by atoms with Crippen molar-refractivity contribution in [3.8, 4) is 0 Å². The molecule has 1 heterocycles. The topological polar surface area (TPSA) is 101 Å². The van der Waals surface area contributed by atoms with Gasteiger partial charge in [0.1, 0.15) is 0 Å². The third kappa shape index (κ3) is 3.73. The maximum atomic E-state index is 12.3. The molecule has 0 saturated heterocycles. The van der Waals surface area contributed by atoms with Crippen LogP contribution in [0.15, 0.2) is 29.1 Å². The van der Waals surface area contributed by atoms with Gasteiger partial charge < -0.3 is 10.1 Å². The number of hydrogen-bond acceptors (Lipinski definition) is 5. The molecular weight excluding hydrogens is 382 g/mol. The number of H-pyrrole nitrogens is 1. The van der Waals surface area contributed by atoms with E-state index in [1.54, 1.807) is 24.3 Å². The number of benzene rings is 1. The quantitative estimate of drug-likeness (QED) is 0.713. The maximum absolute atomic E-state index is 12.3. The molecule has 4 aliphatic rings.